The Morgan fingerprint density at radius 2 is 0.972 bits per heavy atom. The van der Waals surface area contributed by atoms with Crippen molar-refractivity contribution in [1.29, 1.82) is 0 Å². The van der Waals surface area contributed by atoms with Gasteiger partial charge in [-0.3, -0.25) is 20.4 Å². The molecule has 1 aromatic carbocycles. The molecule has 8 heteroatoms. The number of anilines is 2. The Labute approximate surface area is 219 Å². The summed E-state index contributed by atoms with van der Waals surface area (Å²) in [5.74, 6) is 0. The van der Waals surface area contributed by atoms with Crippen molar-refractivity contribution in [2.24, 2.45) is 0 Å². The predicted octanol–water partition coefficient (Wildman–Crippen LogP) is 7.28. The van der Waals surface area contributed by atoms with Gasteiger partial charge in [0.15, 0.2) is 0 Å². The summed E-state index contributed by atoms with van der Waals surface area (Å²) in [5, 5.41) is 5.45. The molecule has 0 aliphatic heterocycles. The molecule has 0 spiro atoms. The summed E-state index contributed by atoms with van der Waals surface area (Å²) < 4.78 is 10.7. The summed E-state index contributed by atoms with van der Waals surface area (Å²) in [4.78, 5) is 28.6. The highest BCUT2D eigenvalue weighted by Gasteiger charge is 2.10. The maximum Gasteiger partial charge on any atom is 0.412 e. The van der Waals surface area contributed by atoms with E-state index in [4.69, 9.17) is 9.47 Å². The molecular weight excluding hydrogens is 456 g/mol. The van der Waals surface area contributed by atoms with Crippen molar-refractivity contribution in [2.75, 3.05) is 50.3 Å². The highest BCUT2D eigenvalue weighted by molar-refractivity contribution is 5.87. The predicted molar refractivity (Wildman–Crippen MR) is 148 cm³/mol. The van der Waals surface area contributed by atoms with E-state index in [1.54, 1.807) is 24.3 Å². The molecule has 0 atom stereocenters. The molecule has 0 aliphatic rings. The van der Waals surface area contributed by atoms with Crippen LogP contribution in [0.3, 0.4) is 0 Å². The van der Waals surface area contributed by atoms with Gasteiger partial charge in [-0.1, -0.05) is 79.1 Å². The lowest BCUT2D eigenvalue weighted by atomic mass is 10.1. The topological polar surface area (TPSA) is 83.1 Å². The number of rotatable bonds is 20. The van der Waals surface area contributed by atoms with Crippen molar-refractivity contribution in [1.82, 2.24) is 9.80 Å². The second-order valence-corrected chi connectivity index (χ2v) is 9.20. The highest BCUT2D eigenvalue weighted by atomic mass is 16.6. The first-order chi connectivity index (χ1) is 17.5. The molecule has 0 aromatic heterocycles. The molecule has 1 aromatic rings. The van der Waals surface area contributed by atoms with Crippen LogP contribution in [0.25, 0.3) is 0 Å². The second kappa shape index (κ2) is 20.8. The molecule has 0 saturated carbocycles. The average Bonchev–Trinajstić information content (AvgIpc) is 2.88. The third kappa shape index (κ3) is 15.6. The summed E-state index contributed by atoms with van der Waals surface area (Å²) in [6.07, 6.45) is 11.2. The fourth-order valence-electron chi connectivity index (χ4n) is 3.75. The Kier molecular flexibility index (Phi) is 18.3. The standard InChI is InChI=1S/C28H50N4O4/c1-5-9-11-13-15-21-31(7-3)23-35-27(33)29-25-17-19-26(20-18-25)30-28(34)36-24-32(8-4)22-16-14-12-10-6-2/h17-20H,5-16,21-24H2,1-4H3,(H,29,33)(H,30,34). The minimum absolute atomic E-state index is 0.273. The fourth-order valence-corrected chi connectivity index (χ4v) is 3.75. The SMILES string of the molecule is CCCCCCCN(CC)COC(=O)Nc1ccc(NC(=O)OCN(CC)CCCCCCC)cc1. The van der Waals surface area contributed by atoms with Crippen LogP contribution in [0.2, 0.25) is 0 Å². The number of hydrogen-bond donors (Lipinski definition) is 2. The minimum Gasteiger partial charge on any atom is -0.433 e. The summed E-state index contributed by atoms with van der Waals surface area (Å²) in [7, 11) is 0. The van der Waals surface area contributed by atoms with Gasteiger partial charge in [0.2, 0.25) is 0 Å². The van der Waals surface area contributed by atoms with Gasteiger partial charge in [-0.2, -0.15) is 0 Å². The van der Waals surface area contributed by atoms with E-state index in [2.05, 4.69) is 48.1 Å². The number of carbonyl (C=O) groups excluding carboxylic acids is 2. The van der Waals surface area contributed by atoms with Gasteiger partial charge in [0, 0.05) is 24.5 Å². The molecule has 8 nitrogen and oxygen atoms in total. The summed E-state index contributed by atoms with van der Waals surface area (Å²) >= 11 is 0. The van der Waals surface area contributed by atoms with Crippen molar-refractivity contribution in [3.05, 3.63) is 24.3 Å². The monoisotopic (exact) mass is 506 g/mol. The number of benzene rings is 1. The van der Waals surface area contributed by atoms with Crippen LogP contribution in [0.1, 0.15) is 91.9 Å². The first-order valence-corrected chi connectivity index (χ1v) is 13.9. The van der Waals surface area contributed by atoms with Crippen LogP contribution in [-0.2, 0) is 9.47 Å². The van der Waals surface area contributed by atoms with Crippen molar-refractivity contribution >= 4 is 23.6 Å². The number of ether oxygens (including phenoxy) is 2. The maximum absolute atomic E-state index is 12.2. The molecule has 0 aliphatic carbocycles. The van der Waals surface area contributed by atoms with Gasteiger partial charge in [0.25, 0.3) is 0 Å². The maximum atomic E-state index is 12.2. The van der Waals surface area contributed by atoms with Gasteiger partial charge in [0.1, 0.15) is 13.5 Å². The number of unbranched alkanes of at least 4 members (excludes halogenated alkanes) is 8. The number of hydrogen-bond acceptors (Lipinski definition) is 6. The quantitative estimate of drug-likeness (QED) is 0.143. The molecule has 0 radical (unpaired) electrons. The van der Waals surface area contributed by atoms with Gasteiger partial charge < -0.3 is 9.47 Å². The van der Waals surface area contributed by atoms with Crippen LogP contribution in [0, 0.1) is 0 Å². The second-order valence-electron chi connectivity index (χ2n) is 9.20. The molecule has 206 valence electrons. The molecule has 2 N–H and O–H groups in total. The summed E-state index contributed by atoms with van der Waals surface area (Å²) in [6, 6.07) is 6.88. The van der Waals surface area contributed by atoms with Crippen molar-refractivity contribution in [3.63, 3.8) is 0 Å². The summed E-state index contributed by atoms with van der Waals surface area (Å²) in [5.41, 5.74) is 1.20. The van der Waals surface area contributed by atoms with Gasteiger partial charge in [-0.05, 0) is 50.2 Å². The number of nitrogens with zero attached hydrogens (tertiary/aromatic N) is 2. The minimum atomic E-state index is -0.492. The highest BCUT2D eigenvalue weighted by Crippen LogP contribution is 2.14. The Morgan fingerprint density at radius 1 is 0.611 bits per heavy atom. The van der Waals surface area contributed by atoms with E-state index >= 15 is 0 Å². The van der Waals surface area contributed by atoms with Gasteiger partial charge in [-0.25, -0.2) is 9.59 Å². The van der Waals surface area contributed by atoms with E-state index in [0.717, 1.165) is 39.0 Å². The first kappa shape index (κ1) is 31.7. The largest absolute Gasteiger partial charge is 0.433 e. The lowest BCUT2D eigenvalue weighted by Gasteiger charge is -2.20. The number of amides is 2. The molecule has 0 fully saturated rings. The third-order valence-corrected chi connectivity index (χ3v) is 6.18. The zero-order chi connectivity index (χ0) is 26.4. The molecule has 2 amide bonds. The Hall–Kier alpha value is -2.32. The Morgan fingerprint density at radius 3 is 1.31 bits per heavy atom. The van der Waals surface area contributed by atoms with E-state index in [1.807, 2.05) is 0 Å². The van der Waals surface area contributed by atoms with E-state index in [9.17, 15) is 9.59 Å². The van der Waals surface area contributed by atoms with Crippen LogP contribution in [0.15, 0.2) is 24.3 Å². The number of carbonyl (C=O) groups is 2. The zero-order valence-corrected chi connectivity index (χ0v) is 23.2. The van der Waals surface area contributed by atoms with Gasteiger partial charge in [0.05, 0.1) is 0 Å². The van der Waals surface area contributed by atoms with Gasteiger partial charge in [-0.15, -0.1) is 0 Å². The third-order valence-electron chi connectivity index (χ3n) is 6.18. The molecule has 0 bridgehead atoms. The molecule has 1 rings (SSSR count). The van der Waals surface area contributed by atoms with Gasteiger partial charge >= 0.3 is 12.2 Å². The zero-order valence-electron chi connectivity index (χ0n) is 23.2. The molecule has 0 heterocycles. The van der Waals surface area contributed by atoms with E-state index in [1.165, 1.54) is 51.4 Å². The molecule has 0 saturated heterocycles. The van der Waals surface area contributed by atoms with Crippen LogP contribution in [-0.4, -0.2) is 61.6 Å². The van der Waals surface area contributed by atoms with Crippen molar-refractivity contribution in [2.45, 2.75) is 91.9 Å². The van der Waals surface area contributed by atoms with Crippen LogP contribution >= 0.6 is 0 Å². The normalized spacial score (nSPS) is 11.1. The fraction of sp³-hybridized carbons (Fsp3) is 0.714. The number of nitrogens with one attached hydrogen (secondary N) is 2. The van der Waals surface area contributed by atoms with Crippen LogP contribution in [0.4, 0.5) is 21.0 Å². The van der Waals surface area contributed by atoms with E-state index in [-0.39, 0.29) is 13.5 Å². The average molecular weight is 507 g/mol. The first-order valence-electron chi connectivity index (χ1n) is 13.9. The Bertz CT molecular complexity index is 640. The van der Waals surface area contributed by atoms with Crippen LogP contribution in [0.5, 0.6) is 0 Å². The molecule has 36 heavy (non-hydrogen) atoms. The molecular formula is C28H50N4O4. The van der Waals surface area contributed by atoms with Crippen molar-refractivity contribution in [3.8, 4) is 0 Å². The van der Waals surface area contributed by atoms with Crippen LogP contribution < -0.4 is 10.6 Å². The lowest BCUT2D eigenvalue weighted by molar-refractivity contribution is 0.0792. The lowest BCUT2D eigenvalue weighted by Crippen LogP contribution is -2.30. The summed E-state index contributed by atoms with van der Waals surface area (Å²) in [6.45, 7) is 12.6. The van der Waals surface area contributed by atoms with E-state index in [0.29, 0.717) is 11.4 Å². The Balaban J connectivity index is 2.30. The molecule has 0 unspecified atom stereocenters. The van der Waals surface area contributed by atoms with E-state index < -0.39 is 12.2 Å². The van der Waals surface area contributed by atoms with Crippen molar-refractivity contribution < 1.29 is 19.1 Å². The smallest absolute Gasteiger partial charge is 0.412 e.